The lowest BCUT2D eigenvalue weighted by molar-refractivity contribution is 0.435. The van der Waals surface area contributed by atoms with E-state index in [-0.39, 0.29) is 0 Å². The number of nitrogens with zero attached hydrogens (tertiary/aromatic N) is 1. The second kappa shape index (κ2) is 7.30. The van der Waals surface area contributed by atoms with Gasteiger partial charge in [0.2, 0.25) is 0 Å². The minimum absolute atomic E-state index is 0.603. The maximum atomic E-state index is 5.92. The van der Waals surface area contributed by atoms with E-state index < -0.39 is 0 Å². The minimum atomic E-state index is 0.603. The van der Waals surface area contributed by atoms with Gasteiger partial charge < -0.3 is 10.6 Å². The lowest BCUT2D eigenvalue weighted by atomic mass is 9.96. The van der Waals surface area contributed by atoms with Crippen molar-refractivity contribution in [2.45, 2.75) is 45.6 Å². The second-order valence-electron chi connectivity index (χ2n) is 5.51. The van der Waals surface area contributed by atoms with Crippen LogP contribution < -0.4 is 10.6 Å². The smallest absolute Gasteiger partial charge is 0.0423 e. The highest BCUT2D eigenvalue weighted by Crippen LogP contribution is 2.31. The molecule has 1 aliphatic heterocycles. The number of halogens is 1. The van der Waals surface area contributed by atoms with Crippen molar-refractivity contribution in [3.05, 3.63) is 28.2 Å². The molecule has 1 saturated heterocycles. The first-order valence-electron chi connectivity index (χ1n) is 7.48. The first-order valence-corrected chi connectivity index (χ1v) is 8.28. The topological polar surface area (TPSA) is 29.3 Å². The summed E-state index contributed by atoms with van der Waals surface area (Å²) >= 11 is 3.62. The SMILES string of the molecule is CCCC1CCCN(c2cccc(Br)c2CN)CC1. The molecule has 0 saturated carbocycles. The van der Waals surface area contributed by atoms with Crippen molar-refractivity contribution in [3.63, 3.8) is 0 Å². The molecule has 1 heterocycles. The van der Waals surface area contributed by atoms with Gasteiger partial charge in [0, 0.05) is 35.4 Å². The molecule has 1 aromatic carbocycles. The summed E-state index contributed by atoms with van der Waals surface area (Å²) in [6.45, 7) is 5.24. The van der Waals surface area contributed by atoms with Crippen molar-refractivity contribution >= 4 is 21.6 Å². The zero-order valence-corrected chi connectivity index (χ0v) is 13.5. The van der Waals surface area contributed by atoms with Crippen molar-refractivity contribution < 1.29 is 0 Å². The van der Waals surface area contributed by atoms with Gasteiger partial charge in [-0.2, -0.15) is 0 Å². The molecule has 2 nitrogen and oxygen atoms in total. The molecule has 3 heteroatoms. The molecule has 2 rings (SSSR count). The maximum Gasteiger partial charge on any atom is 0.0423 e. The van der Waals surface area contributed by atoms with Crippen LogP contribution in [0.15, 0.2) is 22.7 Å². The Labute approximate surface area is 125 Å². The van der Waals surface area contributed by atoms with E-state index in [1.807, 2.05) is 0 Å². The van der Waals surface area contributed by atoms with Crippen molar-refractivity contribution in [3.8, 4) is 0 Å². The largest absolute Gasteiger partial charge is 0.371 e. The summed E-state index contributed by atoms with van der Waals surface area (Å²) in [5, 5.41) is 0. The molecule has 2 N–H and O–H groups in total. The number of rotatable bonds is 4. The fraction of sp³-hybridized carbons (Fsp3) is 0.625. The molecule has 0 spiro atoms. The Kier molecular flexibility index (Phi) is 5.71. The van der Waals surface area contributed by atoms with Gasteiger partial charge >= 0.3 is 0 Å². The highest BCUT2D eigenvalue weighted by molar-refractivity contribution is 9.10. The van der Waals surface area contributed by atoms with Gasteiger partial charge in [-0.15, -0.1) is 0 Å². The van der Waals surface area contributed by atoms with Gasteiger partial charge in [-0.05, 0) is 37.3 Å². The van der Waals surface area contributed by atoms with E-state index in [1.54, 1.807) is 0 Å². The average molecular weight is 325 g/mol. The summed E-state index contributed by atoms with van der Waals surface area (Å²) in [5.74, 6) is 0.920. The molecule has 1 fully saturated rings. The van der Waals surface area contributed by atoms with Crippen LogP contribution in [0.4, 0.5) is 5.69 Å². The van der Waals surface area contributed by atoms with Crippen LogP contribution >= 0.6 is 15.9 Å². The van der Waals surface area contributed by atoms with Crippen LogP contribution in [0.1, 0.15) is 44.6 Å². The first-order chi connectivity index (χ1) is 9.26. The summed E-state index contributed by atoms with van der Waals surface area (Å²) in [4.78, 5) is 2.53. The normalized spacial score (nSPS) is 20.4. The predicted molar refractivity (Wildman–Crippen MR) is 86.5 cm³/mol. The van der Waals surface area contributed by atoms with Crippen molar-refractivity contribution in [2.75, 3.05) is 18.0 Å². The fourth-order valence-electron chi connectivity index (χ4n) is 3.15. The van der Waals surface area contributed by atoms with Crippen molar-refractivity contribution in [1.82, 2.24) is 0 Å². The Morgan fingerprint density at radius 1 is 1.32 bits per heavy atom. The molecular formula is C16H25BrN2. The van der Waals surface area contributed by atoms with Gasteiger partial charge in [0.1, 0.15) is 0 Å². The van der Waals surface area contributed by atoms with E-state index in [4.69, 9.17) is 5.73 Å². The van der Waals surface area contributed by atoms with Crippen LogP contribution in [0.3, 0.4) is 0 Å². The Morgan fingerprint density at radius 3 is 2.89 bits per heavy atom. The summed E-state index contributed by atoms with van der Waals surface area (Å²) in [6.07, 6.45) is 6.72. The van der Waals surface area contributed by atoms with Gasteiger partial charge in [0.15, 0.2) is 0 Å². The highest BCUT2D eigenvalue weighted by atomic mass is 79.9. The van der Waals surface area contributed by atoms with E-state index in [9.17, 15) is 0 Å². The fourth-order valence-corrected chi connectivity index (χ4v) is 3.67. The van der Waals surface area contributed by atoms with E-state index >= 15 is 0 Å². The van der Waals surface area contributed by atoms with Gasteiger partial charge in [0.25, 0.3) is 0 Å². The van der Waals surface area contributed by atoms with Crippen molar-refractivity contribution in [2.24, 2.45) is 11.7 Å². The molecule has 19 heavy (non-hydrogen) atoms. The molecular weight excluding hydrogens is 300 g/mol. The van der Waals surface area contributed by atoms with Gasteiger partial charge in [-0.1, -0.05) is 41.8 Å². The molecule has 0 amide bonds. The third-order valence-corrected chi connectivity index (χ3v) is 4.93. The quantitative estimate of drug-likeness (QED) is 0.893. The van der Waals surface area contributed by atoms with E-state index in [0.717, 1.165) is 10.4 Å². The lowest BCUT2D eigenvalue weighted by Gasteiger charge is -2.26. The average Bonchev–Trinajstić information content (AvgIpc) is 2.64. The zero-order valence-electron chi connectivity index (χ0n) is 11.9. The Morgan fingerprint density at radius 2 is 2.16 bits per heavy atom. The van der Waals surface area contributed by atoms with Gasteiger partial charge in [-0.25, -0.2) is 0 Å². The predicted octanol–water partition coefficient (Wildman–Crippen LogP) is 4.31. The Bertz CT molecular complexity index is 406. The number of benzene rings is 1. The summed E-state index contributed by atoms with van der Waals surface area (Å²) in [6, 6.07) is 6.42. The lowest BCUT2D eigenvalue weighted by Crippen LogP contribution is -2.26. The molecule has 0 aromatic heterocycles. The van der Waals surface area contributed by atoms with Gasteiger partial charge in [0.05, 0.1) is 0 Å². The van der Waals surface area contributed by atoms with E-state index in [2.05, 4.69) is 46.0 Å². The molecule has 0 bridgehead atoms. The standard InChI is InChI=1S/C16H25BrN2/c1-2-5-13-6-4-10-19(11-9-13)16-8-3-7-15(17)14(16)12-18/h3,7-8,13H,2,4-6,9-12,18H2,1H3. The number of anilines is 1. The monoisotopic (exact) mass is 324 g/mol. The van der Waals surface area contributed by atoms with E-state index in [1.165, 1.54) is 56.4 Å². The first kappa shape index (κ1) is 14.9. The molecule has 1 atom stereocenters. The third kappa shape index (κ3) is 3.73. The van der Waals surface area contributed by atoms with Crippen LogP contribution in [0.5, 0.6) is 0 Å². The van der Waals surface area contributed by atoms with Crippen LogP contribution in [0, 0.1) is 5.92 Å². The number of nitrogens with two attached hydrogens (primary N) is 1. The van der Waals surface area contributed by atoms with Gasteiger partial charge in [-0.3, -0.25) is 0 Å². The van der Waals surface area contributed by atoms with Crippen LogP contribution in [-0.2, 0) is 6.54 Å². The third-order valence-electron chi connectivity index (χ3n) is 4.18. The summed E-state index contributed by atoms with van der Waals surface area (Å²) in [5.41, 5.74) is 8.49. The van der Waals surface area contributed by atoms with Crippen LogP contribution in [0.2, 0.25) is 0 Å². The second-order valence-corrected chi connectivity index (χ2v) is 6.37. The molecule has 1 aromatic rings. The maximum absolute atomic E-state index is 5.92. The summed E-state index contributed by atoms with van der Waals surface area (Å²) < 4.78 is 1.14. The highest BCUT2D eigenvalue weighted by Gasteiger charge is 2.18. The van der Waals surface area contributed by atoms with Crippen LogP contribution in [0.25, 0.3) is 0 Å². The van der Waals surface area contributed by atoms with Crippen LogP contribution in [-0.4, -0.2) is 13.1 Å². The summed E-state index contributed by atoms with van der Waals surface area (Å²) in [7, 11) is 0. The van der Waals surface area contributed by atoms with E-state index in [0.29, 0.717) is 6.54 Å². The number of hydrogen-bond acceptors (Lipinski definition) is 2. The molecule has 0 aliphatic carbocycles. The molecule has 0 radical (unpaired) electrons. The minimum Gasteiger partial charge on any atom is -0.371 e. The van der Waals surface area contributed by atoms with Crippen molar-refractivity contribution in [1.29, 1.82) is 0 Å². The zero-order chi connectivity index (χ0) is 13.7. The Hall–Kier alpha value is -0.540. The molecule has 1 unspecified atom stereocenters. The Balaban J connectivity index is 2.12. The molecule has 106 valence electrons. The number of hydrogen-bond donors (Lipinski definition) is 1. The molecule has 1 aliphatic rings.